The molecule has 0 aliphatic rings. The summed E-state index contributed by atoms with van der Waals surface area (Å²) in [6, 6.07) is 8.95. The van der Waals surface area contributed by atoms with Crippen molar-refractivity contribution in [3.8, 4) is 0 Å². The van der Waals surface area contributed by atoms with Crippen LogP contribution in [0.2, 0.25) is 0 Å². The van der Waals surface area contributed by atoms with E-state index in [4.69, 9.17) is 0 Å². The first-order valence-electron chi connectivity index (χ1n) is 6.66. The second kappa shape index (κ2) is 6.73. The van der Waals surface area contributed by atoms with E-state index in [2.05, 4.69) is 52.0 Å². The van der Waals surface area contributed by atoms with Crippen LogP contribution in [0.3, 0.4) is 0 Å². The van der Waals surface area contributed by atoms with Crippen LogP contribution in [0.25, 0.3) is 0 Å². The van der Waals surface area contributed by atoms with Crippen molar-refractivity contribution in [2.24, 2.45) is 11.8 Å². The molecular formula is C16H26. The van der Waals surface area contributed by atoms with Gasteiger partial charge in [0.1, 0.15) is 0 Å². The summed E-state index contributed by atoms with van der Waals surface area (Å²) in [5, 5.41) is 0. The van der Waals surface area contributed by atoms with Crippen LogP contribution < -0.4 is 0 Å². The van der Waals surface area contributed by atoms with Crippen LogP contribution in [0.5, 0.6) is 0 Å². The van der Waals surface area contributed by atoms with Gasteiger partial charge in [0.15, 0.2) is 0 Å². The number of benzene rings is 1. The topological polar surface area (TPSA) is 0 Å². The molecule has 0 aliphatic carbocycles. The molecule has 0 saturated heterocycles. The van der Waals surface area contributed by atoms with E-state index in [1.165, 1.54) is 25.7 Å². The Morgan fingerprint density at radius 1 is 0.875 bits per heavy atom. The summed E-state index contributed by atoms with van der Waals surface area (Å²) < 4.78 is 0. The second-order valence-electron chi connectivity index (χ2n) is 5.65. The lowest BCUT2D eigenvalue weighted by molar-refractivity contribution is 0.553. The van der Waals surface area contributed by atoms with Crippen LogP contribution in [-0.2, 0) is 12.8 Å². The highest BCUT2D eigenvalue weighted by atomic mass is 14.1. The Kier molecular flexibility index (Phi) is 5.59. The molecule has 0 aromatic heterocycles. The minimum atomic E-state index is 0.756. The maximum absolute atomic E-state index is 2.31. The van der Waals surface area contributed by atoms with Crippen molar-refractivity contribution in [1.82, 2.24) is 0 Å². The van der Waals surface area contributed by atoms with Gasteiger partial charge in [-0.05, 0) is 42.2 Å². The summed E-state index contributed by atoms with van der Waals surface area (Å²) in [5.41, 5.74) is 3.12. The largest absolute Gasteiger partial charge is 0.0628 e. The van der Waals surface area contributed by atoms with Crippen molar-refractivity contribution in [1.29, 1.82) is 0 Å². The Morgan fingerprint density at radius 3 is 2.06 bits per heavy atom. The van der Waals surface area contributed by atoms with E-state index in [-0.39, 0.29) is 0 Å². The molecule has 0 heterocycles. The van der Waals surface area contributed by atoms with Crippen molar-refractivity contribution >= 4 is 0 Å². The third-order valence-electron chi connectivity index (χ3n) is 2.97. The van der Waals surface area contributed by atoms with E-state index in [9.17, 15) is 0 Å². The quantitative estimate of drug-likeness (QED) is 0.639. The van der Waals surface area contributed by atoms with Crippen LogP contribution in [0.4, 0.5) is 0 Å². The van der Waals surface area contributed by atoms with Gasteiger partial charge >= 0.3 is 0 Å². The molecule has 0 bridgehead atoms. The Hall–Kier alpha value is -0.780. The maximum Gasteiger partial charge on any atom is -0.0253 e. The molecule has 0 atom stereocenters. The standard InChI is InChI=1S/C16H26/c1-13(2)8-7-11-15-9-5-6-10-16(15)12-14(3)4/h5-6,9-10,13-14H,7-8,11-12H2,1-4H3. The molecule has 1 aromatic carbocycles. The van der Waals surface area contributed by atoms with Gasteiger partial charge in [-0.1, -0.05) is 58.4 Å². The highest BCUT2D eigenvalue weighted by Gasteiger charge is 2.04. The predicted octanol–water partition coefficient (Wildman–Crippen LogP) is 4.86. The van der Waals surface area contributed by atoms with Crippen LogP contribution in [0.15, 0.2) is 24.3 Å². The third kappa shape index (κ3) is 4.83. The first-order valence-corrected chi connectivity index (χ1v) is 6.66. The minimum absolute atomic E-state index is 0.756. The summed E-state index contributed by atoms with van der Waals surface area (Å²) >= 11 is 0. The second-order valence-corrected chi connectivity index (χ2v) is 5.65. The van der Waals surface area contributed by atoms with E-state index in [0.29, 0.717) is 0 Å². The van der Waals surface area contributed by atoms with Crippen molar-refractivity contribution in [2.45, 2.75) is 53.4 Å². The fourth-order valence-electron chi connectivity index (χ4n) is 2.14. The number of hydrogen-bond acceptors (Lipinski definition) is 0. The molecule has 0 spiro atoms. The van der Waals surface area contributed by atoms with Crippen molar-refractivity contribution < 1.29 is 0 Å². The maximum atomic E-state index is 2.31. The van der Waals surface area contributed by atoms with Crippen LogP contribution in [-0.4, -0.2) is 0 Å². The summed E-state index contributed by atoms with van der Waals surface area (Å²) in [7, 11) is 0. The number of rotatable bonds is 6. The molecule has 0 aliphatic heterocycles. The highest BCUT2D eigenvalue weighted by Crippen LogP contribution is 2.17. The SMILES string of the molecule is CC(C)CCCc1ccccc1CC(C)C. The predicted molar refractivity (Wildman–Crippen MR) is 72.8 cm³/mol. The molecule has 0 fully saturated rings. The van der Waals surface area contributed by atoms with E-state index in [1.54, 1.807) is 11.1 Å². The first kappa shape index (κ1) is 13.3. The van der Waals surface area contributed by atoms with E-state index in [0.717, 1.165) is 11.8 Å². The summed E-state index contributed by atoms with van der Waals surface area (Å²) in [4.78, 5) is 0. The van der Waals surface area contributed by atoms with Crippen molar-refractivity contribution in [3.63, 3.8) is 0 Å². The van der Waals surface area contributed by atoms with Gasteiger partial charge in [-0.2, -0.15) is 0 Å². The van der Waals surface area contributed by atoms with E-state index < -0.39 is 0 Å². The lowest BCUT2D eigenvalue weighted by Crippen LogP contribution is -2.00. The third-order valence-corrected chi connectivity index (χ3v) is 2.97. The summed E-state index contributed by atoms with van der Waals surface area (Å²) in [5.74, 6) is 1.59. The normalized spacial score (nSPS) is 11.4. The molecule has 0 N–H and O–H groups in total. The molecule has 16 heavy (non-hydrogen) atoms. The molecule has 1 aromatic rings. The van der Waals surface area contributed by atoms with Gasteiger partial charge in [-0.3, -0.25) is 0 Å². The Balaban J connectivity index is 2.56. The lowest BCUT2D eigenvalue weighted by atomic mass is 9.94. The van der Waals surface area contributed by atoms with Gasteiger partial charge < -0.3 is 0 Å². The molecular weight excluding hydrogens is 192 g/mol. The van der Waals surface area contributed by atoms with Gasteiger partial charge in [0, 0.05) is 0 Å². The van der Waals surface area contributed by atoms with Crippen LogP contribution in [0.1, 0.15) is 51.7 Å². The van der Waals surface area contributed by atoms with Gasteiger partial charge in [0.05, 0.1) is 0 Å². The molecule has 0 amide bonds. The number of aryl methyl sites for hydroxylation is 1. The average Bonchev–Trinajstić information content (AvgIpc) is 2.19. The molecule has 0 heteroatoms. The molecule has 0 unspecified atom stereocenters. The molecule has 0 saturated carbocycles. The summed E-state index contributed by atoms with van der Waals surface area (Å²) in [6.07, 6.45) is 5.14. The summed E-state index contributed by atoms with van der Waals surface area (Å²) in [6.45, 7) is 9.20. The van der Waals surface area contributed by atoms with E-state index in [1.807, 2.05) is 0 Å². The van der Waals surface area contributed by atoms with Crippen LogP contribution >= 0.6 is 0 Å². The fraction of sp³-hybridized carbons (Fsp3) is 0.625. The van der Waals surface area contributed by atoms with Crippen molar-refractivity contribution in [2.75, 3.05) is 0 Å². The molecule has 0 radical (unpaired) electrons. The Morgan fingerprint density at radius 2 is 1.50 bits per heavy atom. The monoisotopic (exact) mass is 218 g/mol. The minimum Gasteiger partial charge on any atom is -0.0628 e. The smallest absolute Gasteiger partial charge is 0.0253 e. The molecule has 90 valence electrons. The van der Waals surface area contributed by atoms with Gasteiger partial charge in [0.25, 0.3) is 0 Å². The zero-order chi connectivity index (χ0) is 12.0. The number of hydrogen-bond donors (Lipinski definition) is 0. The van der Waals surface area contributed by atoms with Crippen LogP contribution in [0, 0.1) is 11.8 Å². The zero-order valence-electron chi connectivity index (χ0n) is 11.3. The lowest BCUT2D eigenvalue weighted by Gasteiger charge is -2.12. The highest BCUT2D eigenvalue weighted by molar-refractivity contribution is 5.27. The van der Waals surface area contributed by atoms with Gasteiger partial charge in [-0.15, -0.1) is 0 Å². The van der Waals surface area contributed by atoms with Crippen molar-refractivity contribution in [3.05, 3.63) is 35.4 Å². The Labute approximate surface area is 101 Å². The van der Waals surface area contributed by atoms with Gasteiger partial charge in [-0.25, -0.2) is 0 Å². The van der Waals surface area contributed by atoms with Gasteiger partial charge in [0.2, 0.25) is 0 Å². The fourth-order valence-corrected chi connectivity index (χ4v) is 2.14. The Bertz CT molecular complexity index is 297. The zero-order valence-corrected chi connectivity index (χ0v) is 11.3. The molecule has 1 rings (SSSR count). The first-order chi connectivity index (χ1) is 7.59. The van der Waals surface area contributed by atoms with E-state index >= 15 is 0 Å². The average molecular weight is 218 g/mol. The molecule has 0 nitrogen and oxygen atoms in total.